The molecule has 147 valence electrons. The van der Waals surface area contributed by atoms with Crippen LogP contribution in [0.4, 0.5) is 0 Å². The van der Waals surface area contributed by atoms with Crippen LogP contribution >= 0.6 is 0 Å². The van der Waals surface area contributed by atoms with Crippen LogP contribution in [0.5, 0.6) is 5.75 Å². The third-order valence-corrected chi connectivity index (χ3v) is 6.50. The third kappa shape index (κ3) is 6.56. The first-order chi connectivity index (χ1) is 13.0. The van der Waals surface area contributed by atoms with Gasteiger partial charge >= 0.3 is 166 Å². The molecule has 4 heteroatoms. The van der Waals surface area contributed by atoms with Gasteiger partial charge in [-0.15, -0.1) is 0 Å². The summed E-state index contributed by atoms with van der Waals surface area (Å²) < 4.78 is 18.7. The standard InChI is InChI=1S/C15H11O2.C8H17.Co.O/c1-2-15(16)17-14-10-8-13(9-11-14)12-6-4-3-5-7-12;1-3-5-7-8-6-4-2;;/h2,4-11H,1H2;3H,4-8H2,1-2H3;;. The fourth-order valence-electron chi connectivity index (χ4n) is 2.74. The molecule has 0 aliphatic carbocycles. The summed E-state index contributed by atoms with van der Waals surface area (Å²) in [6.45, 7) is 7.67. The van der Waals surface area contributed by atoms with E-state index in [9.17, 15) is 8.66 Å². The van der Waals surface area contributed by atoms with E-state index < -0.39 is 19.6 Å². The quantitative estimate of drug-likeness (QED) is 0.214. The number of unbranched alkanes of at least 4 members (excludes halogenated alkanes) is 3. The van der Waals surface area contributed by atoms with E-state index in [4.69, 9.17) is 4.74 Å². The van der Waals surface area contributed by atoms with Gasteiger partial charge in [-0.05, 0) is 0 Å². The van der Waals surface area contributed by atoms with Gasteiger partial charge in [-0.3, -0.25) is 0 Å². The van der Waals surface area contributed by atoms with Gasteiger partial charge in [0.1, 0.15) is 0 Å². The Morgan fingerprint density at radius 3 is 2.19 bits per heavy atom. The Morgan fingerprint density at radius 1 is 1.04 bits per heavy atom. The zero-order valence-corrected chi connectivity index (χ0v) is 17.1. The molecular formula is C23H28CoO3. The SMILES string of the molecule is C=CC(=O)Oc1ccc(-c2cc[c]([Co](=[O])[CH](C)CCCCCC)cc2)cc1. The topological polar surface area (TPSA) is 43.4 Å². The number of rotatable bonds is 10. The molecule has 1 unspecified atom stereocenters. The number of carbonyl (C=O) groups excluding carboxylic acids is 1. The molecule has 3 nitrogen and oxygen atoms in total. The van der Waals surface area contributed by atoms with Gasteiger partial charge < -0.3 is 0 Å². The van der Waals surface area contributed by atoms with E-state index in [1.165, 1.54) is 19.3 Å². The van der Waals surface area contributed by atoms with Crippen molar-refractivity contribution in [2.45, 2.75) is 50.8 Å². The van der Waals surface area contributed by atoms with Gasteiger partial charge in [-0.25, -0.2) is 0 Å². The predicted octanol–water partition coefficient (Wildman–Crippen LogP) is 5.81. The van der Waals surface area contributed by atoms with E-state index in [-0.39, 0.29) is 4.85 Å². The Bertz CT molecular complexity index is 763. The Hall–Kier alpha value is -2.04. The summed E-state index contributed by atoms with van der Waals surface area (Å²) in [6.07, 6.45) is 7.00. The van der Waals surface area contributed by atoms with Crippen molar-refractivity contribution >= 4 is 10.5 Å². The molecule has 0 fully saturated rings. The van der Waals surface area contributed by atoms with Crippen molar-refractivity contribution in [3.8, 4) is 16.9 Å². The normalized spacial score (nSPS) is 12.3. The minimum absolute atomic E-state index is 0.207. The Balaban J connectivity index is 1.98. The average molecular weight is 411 g/mol. The number of ether oxygens (including phenoxy) is 1. The van der Waals surface area contributed by atoms with Gasteiger partial charge in [0.25, 0.3) is 0 Å². The second-order valence-electron chi connectivity index (χ2n) is 6.46. The Kier molecular flexibility index (Phi) is 8.62. The minimum atomic E-state index is -1.35. The molecule has 2 rings (SSSR count). The molecule has 27 heavy (non-hydrogen) atoms. The third-order valence-electron chi connectivity index (χ3n) is 4.33. The summed E-state index contributed by atoms with van der Waals surface area (Å²) in [5.74, 6) is 0.0137. The van der Waals surface area contributed by atoms with E-state index in [1.54, 1.807) is 12.1 Å². The summed E-state index contributed by atoms with van der Waals surface area (Å²) in [6, 6.07) is 15.2. The first kappa shape index (κ1) is 21.3. The molecule has 0 spiro atoms. The van der Waals surface area contributed by atoms with Crippen molar-refractivity contribution in [2.24, 2.45) is 0 Å². The zero-order valence-electron chi connectivity index (χ0n) is 16.1. The molecule has 0 heterocycles. The van der Waals surface area contributed by atoms with Crippen LogP contribution in [0.15, 0.2) is 61.2 Å². The summed E-state index contributed by atoms with van der Waals surface area (Å²) >= 11 is -1.35. The first-order valence-electron chi connectivity index (χ1n) is 9.39. The molecule has 0 saturated carbocycles. The van der Waals surface area contributed by atoms with Crippen molar-refractivity contribution in [1.82, 2.24) is 0 Å². The fourth-order valence-corrected chi connectivity index (χ4v) is 4.33. The maximum absolute atomic E-state index is 12.7. The monoisotopic (exact) mass is 411 g/mol. The van der Waals surface area contributed by atoms with E-state index in [2.05, 4.69) is 20.4 Å². The van der Waals surface area contributed by atoms with Crippen LogP contribution in [0, 0.1) is 0 Å². The summed E-state index contributed by atoms with van der Waals surface area (Å²) in [5.41, 5.74) is 2.06. The average Bonchev–Trinajstić information content (AvgIpc) is 2.71. The van der Waals surface area contributed by atoms with Crippen molar-refractivity contribution in [2.75, 3.05) is 0 Å². The fraction of sp³-hybridized carbons (Fsp3) is 0.348. The number of hydrogen-bond acceptors (Lipinski definition) is 3. The second kappa shape index (κ2) is 10.9. The molecule has 0 amide bonds. The van der Waals surface area contributed by atoms with E-state index in [0.29, 0.717) is 5.75 Å². The molecule has 0 aromatic heterocycles. The van der Waals surface area contributed by atoms with E-state index >= 15 is 0 Å². The van der Waals surface area contributed by atoms with Gasteiger partial charge in [0.15, 0.2) is 0 Å². The van der Waals surface area contributed by atoms with E-state index in [1.807, 2.05) is 36.4 Å². The number of esters is 1. The molecule has 0 bridgehead atoms. The molecule has 2 aromatic carbocycles. The zero-order chi connectivity index (χ0) is 19.6. The Morgan fingerprint density at radius 2 is 1.63 bits per heavy atom. The Labute approximate surface area is 166 Å². The van der Waals surface area contributed by atoms with Crippen molar-refractivity contribution in [3.63, 3.8) is 0 Å². The van der Waals surface area contributed by atoms with Crippen LogP contribution in [0.2, 0.25) is 4.85 Å². The predicted molar refractivity (Wildman–Crippen MR) is 106 cm³/mol. The van der Waals surface area contributed by atoms with Gasteiger partial charge in [0.2, 0.25) is 0 Å². The van der Waals surface area contributed by atoms with Gasteiger partial charge in [0, 0.05) is 0 Å². The molecule has 0 aliphatic rings. The molecule has 0 N–H and O–H groups in total. The van der Waals surface area contributed by atoms with Crippen molar-refractivity contribution in [1.29, 1.82) is 0 Å². The molecule has 0 aliphatic heterocycles. The van der Waals surface area contributed by atoms with Gasteiger partial charge in [-0.1, -0.05) is 0 Å². The van der Waals surface area contributed by atoms with Gasteiger partial charge in [0.05, 0.1) is 0 Å². The molecule has 0 saturated heterocycles. The van der Waals surface area contributed by atoms with Crippen molar-refractivity contribution < 1.29 is 27.0 Å². The number of hydrogen-bond donors (Lipinski definition) is 0. The van der Waals surface area contributed by atoms with Gasteiger partial charge in [-0.2, -0.15) is 0 Å². The summed E-state index contributed by atoms with van der Waals surface area (Å²) in [7, 11) is 0. The molecule has 2 aromatic rings. The molecule has 0 radical (unpaired) electrons. The van der Waals surface area contributed by atoms with E-state index in [0.717, 1.165) is 34.5 Å². The second-order valence-corrected chi connectivity index (χ2v) is 8.85. The molecular weight excluding hydrogens is 383 g/mol. The van der Waals surface area contributed by atoms with Crippen LogP contribution in [-0.2, 0) is 22.2 Å². The van der Waals surface area contributed by atoms with Crippen LogP contribution in [0.25, 0.3) is 11.1 Å². The van der Waals surface area contributed by atoms with Crippen molar-refractivity contribution in [3.05, 3.63) is 61.2 Å². The first-order valence-corrected chi connectivity index (χ1v) is 10.9. The van der Waals surface area contributed by atoms with Crippen LogP contribution < -0.4 is 9.23 Å². The molecule has 1 atom stereocenters. The number of carbonyl (C=O) groups is 1. The summed E-state index contributed by atoms with van der Waals surface area (Å²) in [4.78, 5) is 11.4. The number of benzene rings is 2. The van der Waals surface area contributed by atoms with Crippen LogP contribution in [-0.4, -0.2) is 5.97 Å². The maximum atomic E-state index is 12.7. The van der Waals surface area contributed by atoms with Crippen LogP contribution in [0.1, 0.15) is 46.0 Å². The summed E-state index contributed by atoms with van der Waals surface area (Å²) in [5, 5.41) is 0. The van der Waals surface area contributed by atoms with Crippen LogP contribution in [0.3, 0.4) is 0 Å².